The van der Waals surface area contributed by atoms with E-state index in [2.05, 4.69) is 28.1 Å². The van der Waals surface area contributed by atoms with Crippen molar-refractivity contribution >= 4 is 5.82 Å². The van der Waals surface area contributed by atoms with Gasteiger partial charge in [-0.3, -0.25) is 4.90 Å². The number of aromatic nitrogens is 1. The third kappa shape index (κ3) is 2.54. The lowest BCUT2D eigenvalue weighted by Crippen LogP contribution is -2.15. The van der Waals surface area contributed by atoms with E-state index in [-0.39, 0.29) is 0 Å². The Balaban J connectivity index is 1.77. The van der Waals surface area contributed by atoms with Crippen molar-refractivity contribution in [1.29, 1.82) is 5.26 Å². The Morgan fingerprint density at radius 2 is 2.10 bits per heavy atom. The van der Waals surface area contributed by atoms with Crippen LogP contribution in [0.25, 0.3) is 0 Å². The summed E-state index contributed by atoms with van der Waals surface area (Å²) in [5.41, 5.74) is 9.60. The van der Waals surface area contributed by atoms with Crippen molar-refractivity contribution < 1.29 is 4.74 Å². The first kappa shape index (κ1) is 13.4. The fourth-order valence-corrected chi connectivity index (χ4v) is 2.67. The number of fused-ring (bicyclic) bond motifs is 1. The molecule has 0 saturated carbocycles. The van der Waals surface area contributed by atoms with Crippen LogP contribution in [0.1, 0.15) is 22.3 Å². The molecule has 0 aliphatic carbocycles. The molecule has 0 radical (unpaired) electrons. The zero-order chi connectivity index (χ0) is 14.8. The molecule has 1 aromatic carbocycles. The van der Waals surface area contributed by atoms with Gasteiger partial charge < -0.3 is 10.5 Å². The number of nitrogens with two attached hydrogens (primary N) is 1. The number of nitrogens with zero attached hydrogens (tertiary/aromatic N) is 3. The Bertz CT molecular complexity index is 703. The molecule has 0 unspecified atom stereocenters. The van der Waals surface area contributed by atoms with Crippen LogP contribution in [0.2, 0.25) is 0 Å². The van der Waals surface area contributed by atoms with Gasteiger partial charge in [0.2, 0.25) is 0 Å². The summed E-state index contributed by atoms with van der Waals surface area (Å²) < 4.78 is 5.16. The van der Waals surface area contributed by atoms with Gasteiger partial charge in [0.25, 0.3) is 0 Å². The second-order valence-electron chi connectivity index (χ2n) is 5.13. The number of hydrogen-bond acceptors (Lipinski definition) is 5. The standard InChI is InChI=1S/C16H16N4O/c1-21-13-4-2-11(3-5-13)8-20-9-12-7-19-16(18)14(6-17)15(12)10-20/h2-5,7H,8-10H2,1H3,(H2,18,19). The molecule has 0 spiro atoms. The summed E-state index contributed by atoms with van der Waals surface area (Å²) in [5, 5.41) is 9.21. The van der Waals surface area contributed by atoms with Gasteiger partial charge >= 0.3 is 0 Å². The predicted molar refractivity (Wildman–Crippen MR) is 79.3 cm³/mol. The van der Waals surface area contributed by atoms with Gasteiger partial charge in [-0.2, -0.15) is 5.26 Å². The molecule has 1 aromatic heterocycles. The maximum atomic E-state index is 9.21. The Labute approximate surface area is 123 Å². The number of methoxy groups -OCH3 is 1. The molecule has 2 aromatic rings. The largest absolute Gasteiger partial charge is 0.497 e. The van der Waals surface area contributed by atoms with Gasteiger partial charge in [-0.15, -0.1) is 0 Å². The molecule has 0 bridgehead atoms. The average molecular weight is 280 g/mol. The van der Waals surface area contributed by atoms with E-state index >= 15 is 0 Å². The highest BCUT2D eigenvalue weighted by molar-refractivity contribution is 5.56. The van der Waals surface area contributed by atoms with Gasteiger partial charge in [-0.1, -0.05) is 12.1 Å². The van der Waals surface area contributed by atoms with Crippen LogP contribution in [-0.4, -0.2) is 17.0 Å². The van der Waals surface area contributed by atoms with E-state index < -0.39 is 0 Å². The Hall–Kier alpha value is -2.58. The summed E-state index contributed by atoms with van der Waals surface area (Å²) in [6.07, 6.45) is 1.78. The maximum Gasteiger partial charge on any atom is 0.141 e. The van der Waals surface area contributed by atoms with Crippen molar-refractivity contribution in [1.82, 2.24) is 9.88 Å². The zero-order valence-electron chi connectivity index (χ0n) is 11.8. The summed E-state index contributed by atoms with van der Waals surface area (Å²) in [6, 6.07) is 10.2. The molecule has 0 fully saturated rings. The highest BCUT2D eigenvalue weighted by atomic mass is 16.5. The molecule has 0 saturated heterocycles. The van der Waals surface area contributed by atoms with E-state index in [1.807, 2.05) is 12.1 Å². The van der Waals surface area contributed by atoms with E-state index in [1.165, 1.54) is 5.56 Å². The minimum Gasteiger partial charge on any atom is -0.497 e. The first-order valence-electron chi connectivity index (χ1n) is 6.73. The Kier molecular flexibility index (Phi) is 3.46. The summed E-state index contributed by atoms with van der Waals surface area (Å²) in [5.74, 6) is 1.18. The maximum absolute atomic E-state index is 9.21. The number of pyridine rings is 1. The molecular weight excluding hydrogens is 264 g/mol. The Morgan fingerprint density at radius 1 is 1.33 bits per heavy atom. The second kappa shape index (κ2) is 5.43. The minimum absolute atomic E-state index is 0.322. The van der Waals surface area contributed by atoms with Crippen LogP contribution in [0.4, 0.5) is 5.82 Å². The van der Waals surface area contributed by atoms with Crippen LogP contribution in [0.15, 0.2) is 30.5 Å². The smallest absolute Gasteiger partial charge is 0.141 e. The number of ether oxygens (including phenoxy) is 1. The second-order valence-corrected chi connectivity index (χ2v) is 5.13. The summed E-state index contributed by atoms with van der Waals surface area (Å²) >= 11 is 0. The van der Waals surface area contributed by atoms with Gasteiger partial charge in [0, 0.05) is 25.8 Å². The Morgan fingerprint density at radius 3 is 2.76 bits per heavy atom. The number of hydrogen-bond donors (Lipinski definition) is 1. The topological polar surface area (TPSA) is 75.2 Å². The zero-order valence-corrected chi connectivity index (χ0v) is 11.8. The van der Waals surface area contributed by atoms with Crippen molar-refractivity contribution in [2.75, 3.05) is 12.8 Å². The molecule has 1 aliphatic heterocycles. The van der Waals surface area contributed by atoms with Crippen molar-refractivity contribution in [3.05, 3.63) is 52.7 Å². The van der Waals surface area contributed by atoms with Crippen LogP contribution in [0, 0.1) is 11.3 Å². The highest BCUT2D eigenvalue weighted by Crippen LogP contribution is 2.28. The number of benzene rings is 1. The molecular formula is C16H16N4O. The van der Waals surface area contributed by atoms with E-state index in [1.54, 1.807) is 13.3 Å². The van der Waals surface area contributed by atoms with Gasteiger partial charge in [-0.25, -0.2) is 4.98 Å². The van der Waals surface area contributed by atoms with E-state index in [9.17, 15) is 5.26 Å². The molecule has 21 heavy (non-hydrogen) atoms. The normalized spacial score (nSPS) is 13.7. The lowest BCUT2D eigenvalue weighted by molar-refractivity contribution is 0.275. The molecule has 3 rings (SSSR count). The third-order valence-electron chi connectivity index (χ3n) is 3.76. The molecule has 5 nitrogen and oxygen atoms in total. The van der Waals surface area contributed by atoms with Crippen molar-refractivity contribution in [3.8, 4) is 11.8 Å². The first-order valence-corrected chi connectivity index (χ1v) is 6.73. The highest BCUT2D eigenvalue weighted by Gasteiger charge is 2.23. The monoisotopic (exact) mass is 280 g/mol. The average Bonchev–Trinajstić information content (AvgIpc) is 2.90. The van der Waals surface area contributed by atoms with Gasteiger partial charge in [-0.05, 0) is 28.8 Å². The number of nitriles is 1. The van der Waals surface area contributed by atoms with Gasteiger partial charge in [0.1, 0.15) is 17.6 Å². The quantitative estimate of drug-likeness (QED) is 0.931. The molecule has 1 aliphatic rings. The molecule has 5 heteroatoms. The fraction of sp³-hybridized carbons (Fsp3) is 0.250. The number of nitrogen functional groups attached to an aromatic ring is 1. The third-order valence-corrected chi connectivity index (χ3v) is 3.76. The summed E-state index contributed by atoms with van der Waals surface area (Å²) in [4.78, 5) is 6.37. The lowest BCUT2D eigenvalue weighted by Gasteiger charge is -2.15. The van der Waals surface area contributed by atoms with Crippen LogP contribution >= 0.6 is 0 Å². The fourth-order valence-electron chi connectivity index (χ4n) is 2.67. The first-order chi connectivity index (χ1) is 10.2. The van der Waals surface area contributed by atoms with E-state index in [4.69, 9.17) is 10.5 Å². The SMILES string of the molecule is COc1ccc(CN2Cc3cnc(N)c(C#N)c3C2)cc1. The van der Waals surface area contributed by atoms with Crippen LogP contribution < -0.4 is 10.5 Å². The van der Waals surface area contributed by atoms with Crippen molar-refractivity contribution in [2.24, 2.45) is 0 Å². The van der Waals surface area contributed by atoms with E-state index in [0.29, 0.717) is 11.4 Å². The van der Waals surface area contributed by atoms with Crippen molar-refractivity contribution in [2.45, 2.75) is 19.6 Å². The van der Waals surface area contributed by atoms with Crippen LogP contribution in [0.5, 0.6) is 5.75 Å². The van der Waals surface area contributed by atoms with Gasteiger partial charge in [0.15, 0.2) is 0 Å². The molecule has 2 heterocycles. The predicted octanol–water partition coefficient (Wildman–Crippen LogP) is 2.06. The van der Waals surface area contributed by atoms with E-state index in [0.717, 1.165) is 36.5 Å². The molecule has 2 N–H and O–H groups in total. The summed E-state index contributed by atoms with van der Waals surface area (Å²) in [7, 11) is 1.66. The number of anilines is 1. The molecule has 0 atom stereocenters. The molecule has 0 amide bonds. The molecule has 106 valence electrons. The van der Waals surface area contributed by atoms with Crippen LogP contribution in [-0.2, 0) is 19.6 Å². The van der Waals surface area contributed by atoms with Crippen molar-refractivity contribution in [3.63, 3.8) is 0 Å². The lowest BCUT2D eigenvalue weighted by atomic mass is 10.1. The van der Waals surface area contributed by atoms with Crippen LogP contribution in [0.3, 0.4) is 0 Å². The van der Waals surface area contributed by atoms with Gasteiger partial charge in [0.05, 0.1) is 12.7 Å². The number of rotatable bonds is 3. The summed E-state index contributed by atoms with van der Waals surface area (Å²) in [6.45, 7) is 2.35. The minimum atomic E-state index is 0.322.